The first-order valence-corrected chi connectivity index (χ1v) is 10.4. The minimum absolute atomic E-state index is 0.00816. The Morgan fingerprint density at radius 1 is 1.14 bits per heavy atom. The van der Waals surface area contributed by atoms with Gasteiger partial charge in [-0.25, -0.2) is 8.42 Å². The van der Waals surface area contributed by atoms with E-state index in [0.717, 1.165) is 9.87 Å². The molecule has 2 aromatic rings. The van der Waals surface area contributed by atoms with Crippen LogP contribution in [0.1, 0.15) is 28.9 Å². The molecule has 1 saturated heterocycles. The van der Waals surface area contributed by atoms with Crippen LogP contribution in [0.2, 0.25) is 0 Å². The van der Waals surface area contributed by atoms with Crippen molar-refractivity contribution in [2.45, 2.75) is 17.9 Å². The fourth-order valence-electron chi connectivity index (χ4n) is 3.09. The number of carbonyl (C=O) groups excluding carboxylic acids is 2. The van der Waals surface area contributed by atoms with Gasteiger partial charge in [-0.15, -0.1) is 0 Å². The first kappa shape index (κ1) is 20.0. The third-order valence-corrected chi connectivity index (χ3v) is 6.75. The van der Waals surface area contributed by atoms with Gasteiger partial charge in [0, 0.05) is 25.7 Å². The van der Waals surface area contributed by atoms with Gasteiger partial charge in [0.2, 0.25) is 15.9 Å². The van der Waals surface area contributed by atoms with Crippen molar-refractivity contribution in [3.05, 3.63) is 65.7 Å². The van der Waals surface area contributed by atoms with Gasteiger partial charge in [0.25, 0.3) is 5.91 Å². The lowest BCUT2D eigenvalue weighted by atomic mass is 10.1. The quantitative estimate of drug-likeness (QED) is 0.825. The highest BCUT2D eigenvalue weighted by Crippen LogP contribution is 2.23. The Morgan fingerprint density at radius 2 is 1.86 bits per heavy atom. The van der Waals surface area contributed by atoms with Crippen LogP contribution < -0.4 is 5.32 Å². The van der Waals surface area contributed by atoms with Gasteiger partial charge in [0.15, 0.2) is 0 Å². The minimum atomic E-state index is -3.85. The summed E-state index contributed by atoms with van der Waals surface area (Å²) in [6, 6.07) is 15.4. The Hall–Kier alpha value is -2.71. The van der Waals surface area contributed by atoms with Crippen molar-refractivity contribution in [3.63, 3.8) is 0 Å². The van der Waals surface area contributed by atoms with Gasteiger partial charge < -0.3 is 10.2 Å². The van der Waals surface area contributed by atoms with E-state index in [-0.39, 0.29) is 47.9 Å². The van der Waals surface area contributed by atoms with Crippen LogP contribution >= 0.6 is 0 Å². The molecule has 0 aliphatic carbocycles. The fraction of sp³-hybridized carbons (Fsp3) is 0.300. The normalized spacial score (nSPS) is 16.3. The largest absolute Gasteiger partial charge is 0.354 e. The molecule has 3 rings (SSSR count). The molecule has 1 fully saturated rings. The summed E-state index contributed by atoms with van der Waals surface area (Å²) in [6.07, 6.45) is 0. The molecule has 1 aliphatic rings. The summed E-state index contributed by atoms with van der Waals surface area (Å²) in [4.78, 5) is 26.1. The van der Waals surface area contributed by atoms with Crippen LogP contribution in [0.15, 0.2) is 59.5 Å². The number of piperazine rings is 1. The van der Waals surface area contributed by atoms with Crippen LogP contribution in [-0.2, 0) is 14.8 Å². The van der Waals surface area contributed by atoms with Crippen molar-refractivity contribution in [3.8, 4) is 0 Å². The van der Waals surface area contributed by atoms with Crippen molar-refractivity contribution >= 4 is 21.8 Å². The standard InChI is InChI=1S/C20H23N3O4S/c1-15(16-7-4-3-5-8-16)22(2)20(25)17-9-6-10-18(13-17)28(26,27)23-12-11-21-19(24)14-23/h3-10,13,15H,11-12,14H2,1-2H3,(H,21,24)/t15-/m0/s1. The predicted molar refractivity (Wildman–Crippen MR) is 105 cm³/mol. The van der Waals surface area contributed by atoms with Crippen molar-refractivity contribution in [1.82, 2.24) is 14.5 Å². The van der Waals surface area contributed by atoms with E-state index in [4.69, 9.17) is 0 Å². The van der Waals surface area contributed by atoms with Gasteiger partial charge >= 0.3 is 0 Å². The van der Waals surface area contributed by atoms with Crippen LogP contribution in [0.5, 0.6) is 0 Å². The molecule has 2 aromatic carbocycles. The Balaban J connectivity index is 1.84. The van der Waals surface area contributed by atoms with E-state index in [1.54, 1.807) is 24.1 Å². The second-order valence-corrected chi connectivity index (χ2v) is 8.66. The molecule has 0 spiro atoms. The zero-order chi connectivity index (χ0) is 20.3. The van der Waals surface area contributed by atoms with Crippen LogP contribution in [-0.4, -0.2) is 56.1 Å². The van der Waals surface area contributed by atoms with Gasteiger partial charge in [-0.2, -0.15) is 4.31 Å². The molecule has 0 radical (unpaired) electrons. The summed E-state index contributed by atoms with van der Waals surface area (Å²) in [6.45, 7) is 2.18. The maximum atomic E-state index is 12.9. The van der Waals surface area contributed by atoms with E-state index in [1.165, 1.54) is 12.1 Å². The molecule has 2 amide bonds. The number of nitrogens with one attached hydrogen (secondary N) is 1. The smallest absolute Gasteiger partial charge is 0.254 e. The molecule has 8 heteroatoms. The number of nitrogens with zero attached hydrogens (tertiary/aromatic N) is 2. The van der Waals surface area contributed by atoms with E-state index in [9.17, 15) is 18.0 Å². The third-order valence-electron chi connectivity index (χ3n) is 4.91. The van der Waals surface area contributed by atoms with Crippen LogP contribution in [0.3, 0.4) is 0 Å². The number of amides is 2. The number of sulfonamides is 1. The zero-order valence-electron chi connectivity index (χ0n) is 15.8. The monoisotopic (exact) mass is 401 g/mol. The van der Waals surface area contributed by atoms with Crippen molar-refractivity contribution in [2.24, 2.45) is 0 Å². The highest BCUT2D eigenvalue weighted by Gasteiger charge is 2.30. The lowest BCUT2D eigenvalue weighted by Crippen LogP contribution is -2.49. The van der Waals surface area contributed by atoms with Crippen LogP contribution in [0.25, 0.3) is 0 Å². The predicted octanol–water partition coefficient (Wildman–Crippen LogP) is 1.64. The lowest BCUT2D eigenvalue weighted by molar-refractivity contribution is -0.122. The number of hydrogen-bond donors (Lipinski definition) is 1. The Morgan fingerprint density at radius 3 is 2.54 bits per heavy atom. The molecule has 1 N–H and O–H groups in total. The van der Waals surface area contributed by atoms with Gasteiger partial charge in [-0.3, -0.25) is 9.59 Å². The first-order chi connectivity index (χ1) is 13.3. The molecule has 7 nitrogen and oxygen atoms in total. The highest BCUT2D eigenvalue weighted by molar-refractivity contribution is 7.89. The lowest BCUT2D eigenvalue weighted by Gasteiger charge is -2.27. The average molecular weight is 401 g/mol. The van der Waals surface area contributed by atoms with E-state index in [2.05, 4.69) is 5.32 Å². The second kappa shape index (κ2) is 8.12. The molecule has 0 unspecified atom stereocenters. The molecular weight excluding hydrogens is 378 g/mol. The van der Waals surface area contributed by atoms with Crippen molar-refractivity contribution in [1.29, 1.82) is 0 Å². The SMILES string of the molecule is C[C@@H](c1ccccc1)N(C)C(=O)c1cccc(S(=O)(=O)N2CCNC(=O)C2)c1. The highest BCUT2D eigenvalue weighted by atomic mass is 32.2. The average Bonchev–Trinajstić information content (AvgIpc) is 2.73. The molecular formula is C20H23N3O4S. The second-order valence-electron chi connectivity index (χ2n) is 6.72. The molecule has 0 aromatic heterocycles. The van der Waals surface area contributed by atoms with Crippen molar-refractivity contribution in [2.75, 3.05) is 26.7 Å². The summed E-state index contributed by atoms with van der Waals surface area (Å²) >= 11 is 0. The topological polar surface area (TPSA) is 86.8 Å². The molecule has 0 bridgehead atoms. The van der Waals surface area contributed by atoms with Crippen LogP contribution in [0.4, 0.5) is 0 Å². The van der Waals surface area contributed by atoms with Gasteiger partial charge in [-0.05, 0) is 30.7 Å². The summed E-state index contributed by atoms with van der Waals surface area (Å²) in [5.74, 6) is -0.608. The molecule has 148 valence electrons. The molecule has 1 heterocycles. The van der Waals surface area contributed by atoms with Gasteiger partial charge in [0.05, 0.1) is 17.5 Å². The molecule has 1 atom stereocenters. The fourth-order valence-corrected chi connectivity index (χ4v) is 4.54. The minimum Gasteiger partial charge on any atom is -0.354 e. The van der Waals surface area contributed by atoms with Gasteiger partial charge in [-0.1, -0.05) is 36.4 Å². The number of carbonyl (C=O) groups is 2. The Bertz CT molecular complexity index is 976. The Kier molecular flexibility index (Phi) is 5.81. The van der Waals surface area contributed by atoms with Crippen LogP contribution in [0, 0.1) is 0 Å². The van der Waals surface area contributed by atoms with Gasteiger partial charge in [0.1, 0.15) is 0 Å². The summed E-state index contributed by atoms with van der Waals surface area (Å²) < 4.78 is 26.8. The maximum Gasteiger partial charge on any atom is 0.254 e. The molecule has 28 heavy (non-hydrogen) atoms. The summed E-state index contributed by atoms with van der Waals surface area (Å²) in [5.41, 5.74) is 1.27. The Labute approximate surface area is 165 Å². The third kappa shape index (κ3) is 4.07. The zero-order valence-corrected chi connectivity index (χ0v) is 16.6. The number of hydrogen-bond acceptors (Lipinski definition) is 4. The molecule has 0 saturated carbocycles. The first-order valence-electron chi connectivity index (χ1n) is 8.99. The summed E-state index contributed by atoms with van der Waals surface area (Å²) in [7, 11) is -2.16. The summed E-state index contributed by atoms with van der Waals surface area (Å²) in [5, 5.41) is 2.60. The molecule has 1 aliphatic heterocycles. The number of benzene rings is 2. The van der Waals surface area contributed by atoms with Crippen molar-refractivity contribution < 1.29 is 18.0 Å². The van der Waals surface area contributed by atoms with E-state index in [0.29, 0.717) is 0 Å². The number of rotatable bonds is 5. The maximum absolute atomic E-state index is 12.9. The van der Waals surface area contributed by atoms with E-state index >= 15 is 0 Å². The van der Waals surface area contributed by atoms with E-state index < -0.39 is 10.0 Å². The van der Waals surface area contributed by atoms with E-state index in [1.807, 2.05) is 37.3 Å².